The molecule has 2 atom stereocenters. The minimum absolute atomic E-state index is 0.0848. The predicted molar refractivity (Wildman–Crippen MR) is 109 cm³/mol. The van der Waals surface area contributed by atoms with Crippen LogP contribution in [-0.2, 0) is 0 Å². The van der Waals surface area contributed by atoms with Crippen molar-refractivity contribution in [1.82, 2.24) is 0 Å². The van der Waals surface area contributed by atoms with Gasteiger partial charge in [0.05, 0.1) is 26.3 Å². The Hall–Kier alpha value is -3.31. The third-order valence-electron chi connectivity index (χ3n) is 5.17. The lowest BCUT2D eigenvalue weighted by molar-refractivity contribution is 0.0960. The van der Waals surface area contributed by atoms with Crippen LogP contribution >= 0.6 is 0 Å². The summed E-state index contributed by atoms with van der Waals surface area (Å²) in [6, 6.07) is 22.2. The molecule has 0 radical (unpaired) electrons. The van der Waals surface area contributed by atoms with E-state index in [0.717, 1.165) is 11.1 Å². The zero-order chi connectivity index (χ0) is 19.7. The third-order valence-corrected chi connectivity index (χ3v) is 5.17. The average Bonchev–Trinajstić information content (AvgIpc) is 2.76. The number of nitrogens with two attached hydrogens (primary N) is 1. The topological polar surface area (TPSA) is 64.8 Å². The minimum Gasteiger partial charge on any atom is -0.493 e. The fourth-order valence-electron chi connectivity index (χ4n) is 3.83. The van der Waals surface area contributed by atoms with Crippen LogP contribution in [0.3, 0.4) is 0 Å². The van der Waals surface area contributed by atoms with Gasteiger partial charge < -0.3 is 15.2 Å². The minimum atomic E-state index is -0.357. The van der Waals surface area contributed by atoms with Crippen LogP contribution in [0, 0.1) is 0 Å². The van der Waals surface area contributed by atoms with Gasteiger partial charge in [-0.05, 0) is 29.3 Å². The molecular formula is C23H22N2O3. The summed E-state index contributed by atoms with van der Waals surface area (Å²) >= 11 is 0. The maximum atomic E-state index is 13.5. The fraction of sp³-hybridized carbons (Fsp3) is 0.174. The van der Waals surface area contributed by atoms with Gasteiger partial charge in [0.15, 0.2) is 11.5 Å². The van der Waals surface area contributed by atoms with Gasteiger partial charge in [0.1, 0.15) is 0 Å². The van der Waals surface area contributed by atoms with Gasteiger partial charge in [-0.3, -0.25) is 9.69 Å². The SMILES string of the molecule is COc1ccc(N2C(=O)c3ccccc3[C@@H](N)[C@@H]2c2ccccc2)cc1OC. The normalized spacial score (nSPS) is 18.5. The van der Waals surface area contributed by atoms with Gasteiger partial charge in [0, 0.05) is 17.3 Å². The molecule has 0 bridgehead atoms. The number of ether oxygens (including phenoxy) is 2. The number of anilines is 1. The molecule has 1 heterocycles. The summed E-state index contributed by atoms with van der Waals surface area (Å²) in [4.78, 5) is 15.3. The smallest absolute Gasteiger partial charge is 0.259 e. The Bertz CT molecular complexity index is 1000. The molecule has 1 amide bonds. The van der Waals surface area contributed by atoms with Crippen LogP contribution in [0.5, 0.6) is 11.5 Å². The summed E-state index contributed by atoms with van der Waals surface area (Å²) < 4.78 is 10.8. The van der Waals surface area contributed by atoms with Crippen molar-refractivity contribution in [2.45, 2.75) is 12.1 Å². The molecule has 3 aromatic rings. The highest BCUT2D eigenvalue weighted by Gasteiger charge is 2.39. The number of hydrogen-bond donors (Lipinski definition) is 1. The first-order valence-electron chi connectivity index (χ1n) is 9.10. The van der Waals surface area contributed by atoms with E-state index in [1.54, 1.807) is 25.2 Å². The van der Waals surface area contributed by atoms with Crippen molar-refractivity contribution in [1.29, 1.82) is 0 Å². The molecule has 5 heteroatoms. The predicted octanol–water partition coefficient (Wildman–Crippen LogP) is 4.11. The summed E-state index contributed by atoms with van der Waals surface area (Å²) in [7, 11) is 3.16. The van der Waals surface area contributed by atoms with Crippen molar-refractivity contribution in [3.63, 3.8) is 0 Å². The monoisotopic (exact) mass is 374 g/mol. The van der Waals surface area contributed by atoms with E-state index in [1.807, 2.05) is 66.7 Å². The van der Waals surface area contributed by atoms with Crippen LogP contribution in [0.2, 0.25) is 0 Å². The van der Waals surface area contributed by atoms with Gasteiger partial charge in [-0.1, -0.05) is 48.5 Å². The standard InChI is InChI=1S/C23H22N2O3/c1-27-19-13-12-16(14-20(19)28-2)25-22(15-8-4-3-5-9-15)21(24)17-10-6-7-11-18(17)23(25)26/h3-14,21-22H,24H2,1-2H3/t21-,22+/m1/s1. The molecular weight excluding hydrogens is 352 g/mol. The number of amides is 1. The van der Waals surface area contributed by atoms with E-state index < -0.39 is 0 Å². The lowest BCUT2D eigenvalue weighted by atomic mass is 9.85. The van der Waals surface area contributed by atoms with E-state index in [2.05, 4.69) is 0 Å². The van der Waals surface area contributed by atoms with Crippen molar-refractivity contribution >= 4 is 11.6 Å². The maximum Gasteiger partial charge on any atom is 0.259 e. The fourth-order valence-corrected chi connectivity index (χ4v) is 3.83. The zero-order valence-electron chi connectivity index (χ0n) is 15.8. The van der Waals surface area contributed by atoms with E-state index in [-0.39, 0.29) is 18.0 Å². The quantitative estimate of drug-likeness (QED) is 0.747. The first-order valence-corrected chi connectivity index (χ1v) is 9.10. The van der Waals surface area contributed by atoms with Crippen molar-refractivity contribution in [2.24, 2.45) is 5.73 Å². The first-order chi connectivity index (χ1) is 13.7. The van der Waals surface area contributed by atoms with Crippen LogP contribution in [0.1, 0.15) is 33.6 Å². The highest BCUT2D eigenvalue weighted by molar-refractivity contribution is 6.09. The Morgan fingerprint density at radius 3 is 2.25 bits per heavy atom. The van der Waals surface area contributed by atoms with Gasteiger partial charge >= 0.3 is 0 Å². The molecule has 5 nitrogen and oxygen atoms in total. The highest BCUT2D eigenvalue weighted by Crippen LogP contribution is 2.44. The number of methoxy groups -OCH3 is 2. The average molecular weight is 374 g/mol. The Balaban J connectivity index is 1.91. The second kappa shape index (κ2) is 7.37. The molecule has 3 aromatic carbocycles. The van der Waals surface area contributed by atoms with E-state index in [4.69, 9.17) is 15.2 Å². The number of benzene rings is 3. The Labute approximate surface area is 164 Å². The summed E-state index contributed by atoms with van der Waals surface area (Å²) in [5.41, 5.74) is 9.86. The van der Waals surface area contributed by atoms with Crippen LogP contribution < -0.4 is 20.1 Å². The molecule has 4 rings (SSSR count). The van der Waals surface area contributed by atoms with Crippen molar-refractivity contribution in [3.8, 4) is 11.5 Å². The molecule has 1 aliphatic rings. The van der Waals surface area contributed by atoms with Gasteiger partial charge in [0.25, 0.3) is 5.91 Å². The largest absolute Gasteiger partial charge is 0.493 e. The second-order valence-electron chi connectivity index (χ2n) is 6.68. The second-order valence-corrected chi connectivity index (χ2v) is 6.68. The molecule has 142 valence electrons. The molecule has 0 saturated heterocycles. The van der Waals surface area contributed by atoms with Crippen molar-refractivity contribution in [3.05, 3.63) is 89.5 Å². The van der Waals surface area contributed by atoms with Gasteiger partial charge in [-0.2, -0.15) is 0 Å². The Kier molecular flexibility index (Phi) is 4.75. The highest BCUT2D eigenvalue weighted by atomic mass is 16.5. The number of nitrogens with zero attached hydrogens (tertiary/aromatic N) is 1. The number of carbonyl (C=O) groups is 1. The molecule has 0 fully saturated rings. The number of carbonyl (C=O) groups excluding carboxylic acids is 1. The molecule has 0 saturated carbocycles. The van der Waals surface area contributed by atoms with Crippen LogP contribution in [0.15, 0.2) is 72.8 Å². The van der Waals surface area contributed by atoms with Crippen LogP contribution in [0.25, 0.3) is 0 Å². The van der Waals surface area contributed by atoms with E-state index in [0.29, 0.717) is 22.7 Å². The molecule has 0 spiro atoms. The van der Waals surface area contributed by atoms with Gasteiger partial charge in [-0.15, -0.1) is 0 Å². The molecule has 1 aliphatic heterocycles. The van der Waals surface area contributed by atoms with Gasteiger partial charge in [-0.25, -0.2) is 0 Å². The first kappa shape index (κ1) is 18.1. The van der Waals surface area contributed by atoms with Crippen molar-refractivity contribution < 1.29 is 14.3 Å². The van der Waals surface area contributed by atoms with E-state index in [1.165, 1.54) is 0 Å². The maximum absolute atomic E-state index is 13.5. The number of fused-ring (bicyclic) bond motifs is 1. The molecule has 28 heavy (non-hydrogen) atoms. The molecule has 0 unspecified atom stereocenters. The van der Waals surface area contributed by atoms with Crippen molar-refractivity contribution in [2.75, 3.05) is 19.1 Å². The Morgan fingerprint density at radius 1 is 0.857 bits per heavy atom. The zero-order valence-corrected chi connectivity index (χ0v) is 15.8. The molecule has 2 N–H and O–H groups in total. The lowest BCUT2D eigenvalue weighted by Gasteiger charge is -2.41. The Morgan fingerprint density at radius 2 is 1.54 bits per heavy atom. The van der Waals surface area contributed by atoms with E-state index >= 15 is 0 Å². The third kappa shape index (κ3) is 2.90. The van der Waals surface area contributed by atoms with Gasteiger partial charge in [0.2, 0.25) is 0 Å². The summed E-state index contributed by atoms with van der Waals surface area (Å²) in [6.45, 7) is 0. The molecule has 0 aromatic heterocycles. The van der Waals surface area contributed by atoms with E-state index in [9.17, 15) is 4.79 Å². The summed E-state index contributed by atoms with van der Waals surface area (Å²) in [6.07, 6.45) is 0. The summed E-state index contributed by atoms with van der Waals surface area (Å²) in [5, 5.41) is 0. The lowest BCUT2D eigenvalue weighted by Crippen LogP contribution is -2.45. The van der Waals surface area contributed by atoms with Crippen LogP contribution in [-0.4, -0.2) is 20.1 Å². The number of hydrogen-bond acceptors (Lipinski definition) is 4. The number of rotatable bonds is 4. The molecule has 0 aliphatic carbocycles. The summed E-state index contributed by atoms with van der Waals surface area (Å²) in [5.74, 6) is 1.09. The van der Waals surface area contributed by atoms with Crippen LogP contribution in [0.4, 0.5) is 5.69 Å².